The summed E-state index contributed by atoms with van der Waals surface area (Å²) >= 11 is 0. The van der Waals surface area contributed by atoms with Gasteiger partial charge in [0.15, 0.2) is 5.71 Å². The first-order valence-corrected chi connectivity index (χ1v) is 4.86. The van der Waals surface area contributed by atoms with Crippen LogP contribution in [0.2, 0.25) is 0 Å². The van der Waals surface area contributed by atoms with Gasteiger partial charge in [-0.3, -0.25) is 4.79 Å². The van der Waals surface area contributed by atoms with Crippen LogP contribution in [0.3, 0.4) is 0 Å². The Morgan fingerprint density at radius 1 is 1.18 bits per heavy atom. The van der Waals surface area contributed by atoms with Gasteiger partial charge in [-0.15, -0.1) is 0 Å². The number of benzene rings is 1. The van der Waals surface area contributed by atoms with Gasteiger partial charge in [-0.05, 0) is 19.1 Å². The average molecular weight is 235 g/mol. The van der Waals surface area contributed by atoms with E-state index >= 15 is 0 Å². The van der Waals surface area contributed by atoms with Crippen LogP contribution in [0.25, 0.3) is 0 Å². The van der Waals surface area contributed by atoms with Crippen molar-refractivity contribution in [2.45, 2.75) is 6.92 Å². The summed E-state index contributed by atoms with van der Waals surface area (Å²) in [6.07, 6.45) is 0. The average Bonchev–Trinajstić information content (AvgIpc) is 2.39. The molecule has 0 saturated heterocycles. The highest BCUT2D eigenvalue weighted by Crippen LogP contribution is 2.11. The van der Waals surface area contributed by atoms with E-state index < -0.39 is 5.91 Å². The van der Waals surface area contributed by atoms with E-state index in [0.29, 0.717) is 5.69 Å². The Labute approximate surface area is 98.5 Å². The predicted octanol–water partition coefficient (Wildman–Crippen LogP) is 1.33. The summed E-state index contributed by atoms with van der Waals surface area (Å²) in [6.45, 7) is 1.37. The second-order valence-electron chi connectivity index (χ2n) is 3.33. The SMILES string of the molecule is CC(=N\O)/C(=N/O)C(=O)N(C)c1ccccc1. The first-order chi connectivity index (χ1) is 8.11. The first-order valence-electron chi connectivity index (χ1n) is 4.86. The van der Waals surface area contributed by atoms with Gasteiger partial charge in [-0.1, -0.05) is 28.5 Å². The number of para-hydroxylation sites is 1. The van der Waals surface area contributed by atoms with Crippen LogP contribution in [0.4, 0.5) is 5.69 Å². The van der Waals surface area contributed by atoms with E-state index in [0.717, 1.165) is 0 Å². The molecule has 1 amide bonds. The summed E-state index contributed by atoms with van der Waals surface area (Å²) in [5, 5.41) is 23.0. The lowest BCUT2D eigenvalue weighted by Crippen LogP contribution is -2.36. The lowest BCUT2D eigenvalue weighted by atomic mass is 10.2. The second-order valence-corrected chi connectivity index (χ2v) is 3.33. The Kier molecular flexibility index (Phi) is 4.21. The summed E-state index contributed by atoms with van der Waals surface area (Å²) in [5.74, 6) is -0.561. The molecule has 0 spiro atoms. The molecule has 0 aromatic heterocycles. The number of hydrogen-bond acceptors (Lipinski definition) is 5. The molecular weight excluding hydrogens is 222 g/mol. The minimum Gasteiger partial charge on any atom is -0.411 e. The molecule has 1 aromatic carbocycles. The van der Waals surface area contributed by atoms with Crippen LogP contribution < -0.4 is 4.90 Å². The van der Waals surface area contributed by atoms with Gasteiger partial charge in [0, 0.05) is 12.7 Å². The van der Waals surface area contributed by atoms with Gasteiger partial charge in [0.25, 0.3) is 5.91 Å². The van der Waals surface area contributed by atoms with Crippen LogP contribution in [-0.2, 0) is 4.79 Å². The molecule has 0 radical (unpaired) electrons. The fourth-order valence-corrected chi connectivity index (χ4v) is 1.24. The Balaban J connectivity index is 2.98. The molecule has 0 aliphatic heterocycles. The molecule has 6 nitrogen and oxygen atoms in total. The minimum absolute atomic E-state index is 0.0553. The molecule has 0 heterocycles. The van der Waals surface area contributed by atoms with E-state index in [2.05, 4.69) is 10.3 Å². The topological polar surface area (TPSA) is 85.5 Å². The van der Waals surface area contributed by atoms with Crippen LogP contribution in [0, 0.1) is 0 Å². The molecule has 1 aromatic rings. The normalized spacial score (nSPS) is 12.4. The maximum Gasteiger partial charge on any atom is 0.282 e. The zero-order valence-electron chi connectivity index (χ0n) is 9.53. The molecule has 0 fully saturated rings. The Morgan fingerprint density at radius 2 is 1.76 bits per heavy atom. The smallest absolute Gasteiger partial charge is 0.282 e. The van der Waals surface area contributed by atoms with Gasteiger partial charge in [0.1, 0.15) is 5.71 Å². The summed E-state index contributed by atoms with van der Waals surface area (Å²) in [6, 6.07) is 8.85. The van der Waals surface area contributed by atoms with Gasteiger partial charge in [-0.25, -0.2) is 0 Å². The van der Waals surface area contributed by atoms with Gasteiger partial charge < -0.3 is 15.3 Å². The molecular formula is C11H13N3O3. The molecule has 1 rings (SSSR count). The van der Waals surface area contributed by atoms with E-state index in [4.69, 9.17) is 10.4 Å². The van der Waals surface area contributed by atoms with Crippen LogP contribution in [0.1, 0.15) is 6.92 Å². The zero-order valence-corrected chi connectivity index (χ0v) is 9.53. The molecule has 0 atom stereocenters. The van der Waals surface area contributed by atoms with Gasteiger partial charge >= 0.3 is 0 Å². The summed E-state index contributed by atoms with van der Waals surface area (Å²) in [4.78, 5) is 13.2. The number of nitrogens with zero attached hydrogens (tertiary/aromatic N) is 3. The van der Waals surface area contributed by atoms with E-state index in [9.17, 15) is 4.79 Å². The van der Waals surface area contributed by atoms with Crippen molar-refractivity contribution in [2.24, 2.45) is 10.3 Å². The standard InChI is InChI=1S/C11H13N3O3/c1-8(12-16)10(13-17)11(15)14(2)9-6-4-3-5-7-9/h3-7,16-17H,1-2H3/b12-8+,13-10-. The number of oxime groups is 2. The number of rotatable bonds is 3. The third kappa shape index (κ3) is 2.81. The summed E-state index contributed by atoms with van der Waals surface area (Å²) in [5.41, 5.74) is 0.281. The van der Waals surface area contributed by atoms with Gasteiger partial charge in [0.05, 0.1) is 0 Å². The second kappa shape index (κ2) is 5.64. The molecule has 0 saturated carbocycles. The largest absolute Gasteiger partial charge is 0.411 e. The monoisotopic (exact) mass is 235 g/mol. The molecule has 0 unspecified atom stereocenters. The van der Waals surface area contributed by atoms with Crippen molar-refractivity contribution in [3.05, 3.63) is 30.3 Å². The van der Waals surface area contributed by atoms with Crippen LogP contribution in [-0.4, -0.2) is 34.8 Å². The number of hydrogen-bond donors (Lipinski definition) is 2. The van der Waals surface area contributed by atoms with Crippen LogP contribution in [0.5, 0.6) is 0 Å². The third-order valence-electron chi connectivity index (χ3n) is 2.24. The van der Waals surface area contributed by atoms with Crippen molar-refractivity contribution in [1.82, 2.24) is 0 Å². The summed E-state index contributed by atoms with van der Waals surface area (Å²) in [7, 11) is 1.54. The highest BCUT2D eigenvalue weighted by molar-refractivity contribution is 6.68. The Hall–Kier alpha value is -2.37. The fraction of sp³-hybridized carbons (Fsp3) is 0.182. The number of anilines is 1. The highest BCUT2D eigenvalue weighted by atomic mass is 16.4. The molecule has 0 bridgehead atoms. The Bertz CT molecular complexity index is 454. The first kappa shape index (κ1) is 12.7. The maximum absolute atomic E-state index is 11.9. The van der Waals surface area contributed by atoms with Crippen molar-refractivity contribution >= 4 is 23.0 Å². The molecule has 0 aliphatic rings. The highest BCUT2D eigenvalue weighted by Gasteiger charge is 2.21. The zero-order chi connectivity index (χ0) is 12.8. The van der Waals surface area contributed by atoms with Crippen molar-refractivity contribution in [2.75, 3.05) is 11.9 Å². The molecule has 0 aliphatic carbocycles. The van der Waals surface area contributed by atoms with Crippen molar-refractivity contribution in [3.63, 3.8) is 0 Å². The fourth-order valence-electron chi connectivity index (χ4n) is 1.24. The maximum atomic E-state index is 11.9. The number of carbonyl (C=O) groups excluding carboxylic acids is 1. The van der Waals surface area contributed by atoms with Crippen molar-refractivity contribution < 1.29 is 15.2 Å². The van der Waals surface area contributed by atoms with E-state index in [1.165, 1.54) is 18.9 Å². The lowest BCUT2D eigenvalue weighted by molar-refractivity contribution is -0.112. The summed E-state index contributed by atoms with van der Waals surface area (Å²) < 4.78 is 0. The molecule has 90 valence electrons. The van der Waals surface area contributed by atoms with Crippen molar-refractivity contribution in [1.29, 1.82) is 0 Å². The quantitative estimate of drug-likeness (QED) is 0.471. The number of amides is 1. The Morgan fingerprint density at radius 3 is 2.24 bits per heavy atom. The predicted molar refractivity (Wildman–Crippen MR) is 64.0 cm³/mol. The molecule has 17 heavy (non-hydrogen) atoms. The minimum atomic E-state index is -0.561. The lowest BCUT2D eigenvalue weighted by Gasteiger charge is -2.17. The van der Waals surface area contributed by atoms with Crippen LogP contribution >= 0.6 is 0 Å². The van der Waals surface area contributed by atoms with E-state index in [1.54, 1.807) is 24.3 Å². The van der Waals surface area contributed by atoms with E-state index in [-0.39, 0.29) is 11.4 Å². The third-order valence-corrected chi connectivity index (χ3v) is 2.24. The number of carbonyl (C=O) groups is 1. The molecule has 6 heteroatoms. The van der Waals surface area contributed by atoms with E-state index in [1.807, 2.05) is 6.07 Å². The van der Waals surface area contributed by atoms with Gasteiger partial charge in [0.2, 0.25) is 0 Å². The van der Waals surface area contributed by atoms with Crippen molar-refractivity contribution in [3.8, 4) is 0 Å². The van der Waals surface area contributed by atoms with Crippen LogP contribution in [0.15, 0.2) is 40.6 Å². The molecule has 2 N–H and O–H groups in total. The van der Waals surface area contributed by atoms with Gasteiger partial charge in [-0.2, -0.15) is 0 Å².